The summed E-state index contributed by atoms with van der Waals surface area (Å²) in [4.78, 5) is 8.64. The smallest absolute Gasteiger partial charge is 0.131 e. The molecule has 0 aliphatic rings. The molecule has 0 aliphatic heterocycles. The molecule has 88 valence electrons. The monoisotopic (exact) mass is 228 g/mol. The summed E-state index contributed by atoms with van der Waals surface area (Å²) < 4.78 is 5.82. The highest BCUT2D eigenvalue weighted by molar-refractivity contribution is 5.34. The Morgan fingerprint density at radius 1 is 0.647 bits per heavy atom. The fourth-order valence-corrected chi connectivity index (χ4v) is 1.85. The van der Waals surface area contributed by atoms with Gasteiger partial charge in [0.15, 0.2) is 0 Å². The summed E-state index contributed by atoms with van der Waals surface area (Å²) in [6, 6.07) is 7.71. The van der Waals surface area contributed by atoms with Gasteiger partial charge in [0.1, 0.15) is 11.5 Å². The van der Waals surface area contributed by atoms with Gasteiger partial charge in [0.25, 0.3) is 0 Å². The number of pyridine rings is 2. The van der Waals surface area contributed by atoms with E-state index in [-0.39, 0.29) is 0 Å². The molecule has 0 amide bonds. The van der Waals surface area contributed by atoms with Gasteiger partial charge in [0.05, 0.1) is 0 Å². The second kappa shape index (κ2) is 4.53. The van der Waals surface area contributed by atoms with E-state index in [1.807, 2.05) is 52.0 Å². The topological polar surface area (TPSA) is 35.0 Å². The molecule has 3 heteroatoms. The van der Waals surface area contributed by atoms with Crippen molar-refractivity contribution in [3.63, 3.8) is 0 Å². The summed E-state index contributed by atoms with van der Waals surface area (Å²) in [5, 5.41) is 0. The first-order valence-corrected chi connectivity index (χ1v) is 5.61. The van der Waals surface area contributed by atoms with Gasteiger partial charge in [-0.3, -0.25) is 9.97 Å². The molecule has 3 nitrogen and oxygen atoms in total. The third-order valence-electron chi connectivity index (χ3n) is 2.35. The molecule has 2 aromatic heterocycles. The molecular formula is C14H16N2O. The Morgan fingerprint density at radius 3 is 1.24 bits per heavy atom. The maximum atomic E-state index is 5.82. The molecule has 17 heavy (non-hydrogen) atoms. The maximum absolute atomic E-state index is 5.82. The lowest BCUT2D eigenvalue weighted by molar-refractivity contribution is 0.479. The third kappa shape index (κ3) is 3.03. The summed E-state index contributed by atoms with van der Waals surface area (Å²) >= 11 is 0. The molecule has 0 unspecified atom stereocenters. The van der Waals surface area contributed by atoms with Gasteiger partial charge in [0, 0.05) is 47.0 Å². The van der Waals surface area contributed by atoms with Crippen LogP contribution >= 0.6 is 0 Å². The molecule has 0 radical (unpaired) electrons. The SMILES string of the molecule is Cc1cc(Oc2cc(C)nc(C)c2)cc(C)n1. The lowest BCUT2D eigenvalue weighted by Gasteiger charge is -2.08. The number of rotatable bonds is 2. The van der Waals surface area contributed by atoms with E-state index in [1.165, 1.54) is 0 Å². The Balaban J connectivity index is 2.31. The van der Waals surface area contributed by atoms with Crippen molar-refractivity contribution in [3.8, 4) is 11.5 Å². The average Bonchev–Trinajstić information content (AvgIpc) is 2.13. The Labute approximate surface area is 102 Å². The first kappa shape index (κ1) is 11.6. The van der Waals surface area contributed by atoms with E-state index in [9.17, 15) is 0 Å². The van der Waals surface area contributed by atoms with Crippen LogP contribution in [0.5, 0.6) is 11.5 Å². The van der Waals surface area contributed by atoms with Crippen LogP contribution in [0.2, 0.25) is 0 Å². The van der Waals surface area contributed by atoms with E-state index in [1.54, 1.807) is 0 Å². The van der Waals surface area contributed by atoms with Crippen LogP contribution in [0.4, 0.5) is 0 Å². The van der Waals surface area contributed by atoms with E-state index in [0.717, 1.165) is 34.3 Å². The third-order valence-corrected chi connectivity index (χ3v) is 2.35. The minimum absolute atomic E-state index is 0.819. The largest absolute Gasteiger partial charge is 0.457 e. The number of hydrogen-bond acceptors (Lipinski definition) is 3. The molecule has 0 aliphatic carbocycles. The van der Waals surface area contributed by atoms with E-state index in [4.69, 9.17) is 4.74 Å². The zero-order valence-electron chi connectivity index (χ0n) is 10.6. The summed E-state index contributed by atoms with van der Waals surface area (Å²) in [6.07, 6.45) is 0. The fourth-order valence-electron chi connectivity index (χ4n) is 1.85. The molecule has 2 aromatic rings. The van der Waals surface area contributed by atoms with Crippen LogP contribution in [0.25, 0.3) is 0 Å². The van der Waals surface area contributed by atoms with Crippen molar-refractivity contribution in [2.24, 2.45) is 0 Å². The molecule has 0 saturated carbocycles. The second-order valence-corrected chi connectivity index (χ2v) is 4.27. The van der Waals surface area contributed by atoms with Crippen molar-refractivity contribution in [1.82, 2.24) is 9.97 Å². The minimum atomic E-state index is 0.819. The lowest BCUT2D eigenvalue weighted by atomic mass is 10.3. The average molecular weight is 228 g/mol. The Morgan fingerprint density at radius 2 is 0.941 bits per heavy atom. The molecule has 0 atom stereocenters. The van der Waals surface area contributed by atoms with Gasteiger partial charge >= 0.3 is 0 Å². The molecule has 0 spiro atoms. The van der Waals surface area contributed by atoms with Gasteiger partial charge in [-0.25, -0.2) is 0 Å². The molecule has 0 N–H and O–H groups in total. The predicted molar refractivity (Wildman–Crippen MR) is 67.5 cm³/mol. The minimum Gasteiger partial charge on any atom is -0.457 e. The predicted octanol–water partition coefficient (Wildman–Crippen LogP) is 3.50. The van der Waals surface area contributed by atoms with Crippen molar-refractivity contribution in [3.05, 3.63) is 47.0 Å². The number of ether oxygens (including phenoxy) is 1. The van der Waals surface area contributed by atoms with Crippen LogP contribution in [-0.4, -0.2) is 9.97 Å². The lowest BCUT2D eigenvalue weighted by Crippen LogP contribution is -1.92. The van der Waals surface area contributed by atoms with Gasteiger partial charge in [0.2, 0.25) is 0 Å². The zero-order chi connectivity index (χ0) is 12.4. The van der Waals surface area contributed by atoms with E-state index in [0.29, 0.717) is 0 Å². The van der Waals surface area contributed by atoms with Gasteiger partial charge < -0.3 is 4.74 Å². The van der Waals surface area contributed by atoms with Crippen molar-refractivity contribution < 1.29 is 4.74 Å². The molecule has 0 fully saturated rings. The van der Waals surface area contributed by atoms with Crippen LogP contribution < -0.4 is 4.74 Å². The number of aromatic nitrogens is 2. The number of aryl methyl sites for hydroxylation is 4. The number of hydrogen-bond donors (Lipinski definition) is 0. The van der Waals surface area contributed by atoms with Crippen LogP contribution in [0.1, 0.15) is 22.8 Å². The van der Waals surface area contributed by atoms with Gasteiger partial charge in [-0.15, -0.1) is 0 Å². The second-order valence-electron chi connectivity index (χ2n) is 4.27. The Bertz CT molecular complexity index is 460. The Hall–Kier alpha value is -1.90. The first-order chi connectivity index (χ1) is 8.02. The van der Waals surface area contributed by atoms with E-state index < -0.39 is 0 Å². The van der Waals surface area contributed by atoms with Crippen LogP contribution in [0, 0.1) is 27.7 Å². The summed E-state index contributed by atoms with van der Waals surface area (Å²) in [5.74, 6) is 1.64. The summed E-state index contributed by atoms with van der Waals surface area (Å²) in [7, 11) is 0. The van der Waals surface area contributed by atoms with Crippen molar-refractivity contribution in [2.75, 3.05) is 0 Å². The van der Waals surface area contributed by atoms with Crippen molar-refractivity contribution in [1.29, 1.82) is 0 Å². The van der Waals surface area contributed by atoms with Crippen LogP contribution in [-0.2, 0) is 0 Å². The van der Waals surface area contributed by atoms with Crippen LogP contribution in [0.15, 0.2) is 24.3 Å². The molecule has 0 bridgehead atoms. The highest BCUT2D eigenvalue weighted by Gasteiger charge is 2.02. The van der Waals surface area contributed by atoms with Crippen LogP contribution in [0.3, 0.4) is 0 Å². The number of nitrogens with zero attached hydrogens (tertiary/aromatic N) is 2. The standard InChI is InChI=1S/C14H16N2O/c1-9-5-13(6-10(2)15-9)17-14-7-11(3)16-12(4)8-14/h5-8H,1-4H3. The fraction of sp³-hybridized carbons (Fsp3) is 0.286. The quantitative estimate of drug-likeness (QED) is 0.789. The highest BCUT2D eigenvalue weighted by Crippen LogP contribution is 2.23. The van der Waals surface area contributed by atoms with Crippen molar-refractivity contribution in [2.45, 2.75) is 27.7 Å². The molecule has 2 rings (SSSR count). The van der Waals surface area contributed by atoms with Gasteiger partial charge in [-0.1, -0.05) is 0 Å². The zero-order valence-corrected chi connectivity index (χ0v) is 10.6. The highest BCUT2D eigenvalue weighted by atomic mass is 16.5. The van der Waals surface area contributed by atoms with Gasteiger partial charge in [-0.05, 0) is 27.7 Å². The molecular weight excluding hydrogens is 212 g/mol. The maximum Gasteiger partial charge on any atom is 0.131 e. The van der Waals surface area contributed by atoms with E-state index >= 15 is 0 Å². The van der Waals surface area contributed by atoms with E-state index in [2.05, 4.69) is 9.97 Å². The summed E-state index contributed by atoms with van der Waals surface area (Å²) in [5.41, 5.74) is 3.84. The molecule has 0 saturated heterocycles. The summed E-state index contributed by atoms with van der Waals surface area (Å²) in [6.45, 7) is 7.84. The van der Waals surface area contributed by atoms with Crippen molar-refractivity contribution >= 4 is 0 Å². The molecule has 0 aromatic carbocycles. The normalized spacial score (nSPS) is 10.4. The van der Waals surface area contributed by atoms with Gasteiger partial charge in [-0.2, -0.15) is 0 Å². The molecule has 2 heterocycles. The first-order valence-electron chi connectivity index (χ1n) is 5.61. The Kier molecular flexibility index (Phi) is 3.09.